The number of nitrogens with one attached hydrogen (secondary N) is 2. The van der Waals surface area contributed by atoms with Crippen LogP contribution < -0.4 is 14.5 Å². The number of rotatable bonds is 8. The van der Waals surface area contributed by atoms with Crippen LogP contribution in [0.2, 0.25) is 5.02 Å². The summed E-state index contributed by atoms with van der Waals surface area (Å²) in [4.78, 5) is -0.163. The maximum absolute atomic E-state index is 14.2. The highest BCUT2D eigenvalue weighted by Crippen LogP contribution is 2.56. The fourth-order valence-corrected chi connectivity index (χ4v) is 7.38. The minimum absolute atomic E-state index is 0.0212. The molecule has 0 atom stereocenters. The minimum atomic E-state index is -4.06. The molecule has 0 saturated heterocycles. The summed E-state index contributed by atoms with van der Waals surface area (Å²) < 4.78 is 54.4. The third-order valence-corrected chi connectivity index (χ3v) is 9.53. The van der Waals surface area contributed by atoms with Gasteiger partial charge in [0.2, 0.25) is 7.29 Å². The van der Waals surface area contributed by atoms with Crippen LogP contribution in [0.15, 0.2) is 120 Å². The summed E-state index contributed by atoms with van der Waals surface area (Å²) in [6.45, 7) is 0. The predicted octanol–water partition coefficient (Wildman–Crippen LogP) is 7.87. The largest absolute Gasteiger partial charge is 0.497 e. The third-order valence-electron chi connectivity index (χ3n) is 5.82. The molecule has 0 fully saturated rings. The highest BCUT2D eigenvalue weighted by atomic mass is 35.5. The predicted molar refractivity (Wildman–Crippen MR) is 156 cm³/mol. The lowest BCUT2D eigenvalue weighted by Crippen LogP contribution is -2.14. The first-order valence-electron chi connectivity index (χ1n) is 11.8. The first-order valence-corrected chi connectivity index (χ1v) is 15.5. The van der Waals surface area contributed by atoms with Gasteiger partial charge in [0.05, 0.1) is 12.1 Å². The molecule has 5 rings (SSSR count). The summed E-state index contributed by atoms with van der Waals surface area (Å²) in [7, 11) is -5.95. The number of benzene rings is 4. The molecule has 4 aromatic carbocycles. The average molecular weight is 579 g/mol. The van der Waals surface area contributed by atoms with Gasteiger partial charge in [-0.25, -0.2) is 8.42 Å². The molecule has 4 aromatic rings. The monoisotopic (exact) mass is 578 g/mol. The van der Waals surface area contributed by atoms with Crippen molar-refractivity contribution in [3.05, 3.63) is 131 Å². The van der Waals surface area contributed by atoms with E-state index in [0.29, 0.717) is 28.6 Å². The van der Waals surface area contributed by atoms with E-state index >= 15 is 0 Å². The van der Waals surface area contributed by atoms with Gasteiger partial charge in [-0.15, -0.1) is 0 Å². The highest BCUT2D eigenvalue weighted by Gasteiger charge is 2.28. The van der Waals surface area contributed by atoms with Gasteiger partial charge in [0.25, 0.3) is 10.0 Å². The average Bonchev–Trinajstić information content (AvgIpc) is 2.95. The molecule has 198 valence electrons. The lowest BCUT2D eigenvalue weighted by atomic mass is 10.2. The van der Waals surface area contributed by atoms with Crippen molar-refractivity contribution < 1.29 is 22.5 Å². The normalized spacial score (nSPS) is 14.4. The van der Waals surface area contributed by atoms with Crippen LogP contribution in [0.25, 0.3) is 11.5 Å². The van der Waals surface area contributed by atoms with Gasteiger partial charge in [-0.1, -0.05) is 72.3 Å². The Morgan fingerprint density at radius 1 is 0.769 bits per heavy atom. The van der Waals surface area contributed by atoms with Crippen LogP contribution in [0.3, 0.4) is 0 Å². The fourth-order valence-electron chi connectivity index (χ4n) is 3.94. The zero-order valence-electron chi connectivity index (χ0n) is 20.7. The molecule has 0 spiro atoms. The van der Waals surface area contributed by atoms with Crippen molar-refractivity contribution in [3.8, 4) is 5.75 Å². The molecule has 10 heteroatoms. The molecule has 0 radical (unpaired) electrons. The Kier molecular flexibility index (Phi) is 7.53. The van der Waals surface area contributed by atoms with Gasteiger partial charge in [0.1, 0.15) is 22.2 Å². The van der Waals surface area contributed by atoms with Crippen molar-refractivity contribution in [1.82, 2.24) is 0 Å². The second kappa shape index (κ2) is 11.0. The van der Waals surface area contributed by atoms with E-state index in [1.165, 1.54) is 30.9 Å². The van der Waals surface area contributed by atoms with E-state index in [4.69, 9.17) is 21.1 Å². The molecular weight excluding hydrogens is 555 g/mol. The zero-order valence-corrected chi connectivity index (χ0v) is 23.2. The van der Waals surface area contributed by atoms with E-state index in [2.05, 4.69) is 9.81 Å². The lowest BCUT2D eigenvalue weighted by molar-refractivity contribution is 0.415. The van der Waals surface area contributed by atoms with Crippen molar-refractivity contribution in [3.63, 3.8) is 0 Å². The first-order chi connectivity index (χ1) is 18.7. The molecule has 0 amide bonds. The molecule has 1 aliphatic rings. The van der Waals surface area contributed by atoms with Crippen molar-refractivity contribution in [2.75, 3.05) is 16.9 Å². The molecule has 0 saturated carbocycles. The summed E-state index contributed by atoms with van der Waals surface area (Å²) in [6, 6.07) is 29.5. The number of methoxy groups -OCH3 is 1. The zero-order chi connectivity index (χ0) is 27.5. The van der Waals surface area contributed by atoms with Crippen LogP contribution in [0.5, 0.6) is 5.75 Å². The Balaban J connectivity index is 1.49. The standard InChI is InChI=1S/C29H24ClN2O5PS/c1-36-25-15-12-23(13-16-25)32-39(34,35)29-18-24(14-17-26(29)30)31-38(33)19-27(21-8-4-2-5-9-21)37-28(20-38)22-10-6-3-7-11-22/h2-20,32H,1H3,(H,31,33). The van der Waals surface area contributed by atoms with Gasteiger partial charge < -0.3 is 14.6 Å². The number of hydrogen-bond donors (Lipinski definition) is 2. The Morgan fingerprint density at radius 3 is 1.85 bits per heavy atom. The van der Waals surface area contributed by atoms with Crippen LogP contribution in [-0.4, -0.2) is 15.5 Å². The Morgan fingerprint density at radius 2 is 1.31 bits per heavy atom. The van der Waals surface area contributed by atoms with Gasteiger partial charge in [0.15, 0.2) is 0 Å². The molecule has 0 unspecified atom stereocenters. The van der Waals surface area contributed by atoms with E-state index in [0.717, 1.165) is 11.1 Å². The smallest absolute Gasteiger partial charge is 0.263 e. The maximum atomic E-state index is 14.2. The van der Waals surface area contributed by atoms with Gasteiger partial charge in [-0.2, -0.15) is 0 Å². The molecule has 0 aliphatic carbocycles. The highest BCUT2D eigenvalue weighted by molar-refractivity contribution is 7.92. The number of sulfonamides is 1. The van der Waals surface area contributed by atoms with E-state index < -0.39 is 17.3 Å². The second-order valence-corrected chi connectivity index (χ2v) is 12.8. The molecule has 7 nitrogen and oxygen atoms in total. The molecule has 1 heterocycles. The summed E-state index contributed by atoms with van der Waals surface area (Å²) in [5.74, 6) is 4.51. The van der Waals surface area contributed by atoms with E-state index in [9.17, 15) is 13.0 Å². The molecular formula is C29H24ClN2O5PS. The Labute approximate surface area is 232 Å². The Bertz CT molecular complexity index is 1650. The van der Waals surface area contributed by atoms with Crippen LogP contribution in [0, 0.1) is 0 Å². The van der Waals surface area contributed by atoms with Crippen molar-refractivity contribution in [2.24, 2.45) is 0 Å². The Hall–Kier alpha value is -3.97. The summed E-state index contributed by atoms with van der Waals surface area (Å²) in [6.07, 6.45) is 0. The summed E-state index contributed by atoms with van der Waals surface area (Å²) in [5, 5.41) is 3.05. The quantitative estimate of drug-likeness (QED) is 0.207. The van der Waals surface area contributed by atoms with Gasteiger partial charge >= 0.3 is 0 Å². The number of anilines is 2. The van der Waals surface area contributed by atoms with E-state index in [1.54, 1.807) is 30.3 Å². The number of hydrogen-bond acceptors (Lipinski definition) is 5. The summed E-state index contributed by atoms with van der Waals surface area (Å²) in [5.41, 5.74) is 2.16. The van der Waals surface area contributed by atoms with Crippen molar-refractivity contribution in [1.29, 1.82) is 0 Å². The molecule has 0 aromatic heterocycles. The topological polar surface area (TPSA) is 93.7 Å². The molecule has 0 bridgehead atoms. The van der Waals surface area contributed by atoms with E-state index in [1.807, 2.05) is 60.7 Å². The number of halogens is 1. The number of ether oxygens (including phenoxy) is 2. The van der Waals surface area contributed by atoms with Gasteiger partial charge in [-0.05, 0) is 42.5 Å². The molecule has 2 N–H and O–H groups in total. The third kappa shape index (κ3) is 6.20. The van der Waals surface area contributed by atoms with Crippen LogP contribution >= 0.6 is 18.9 Å². The molecule has 39 heavy (non-hydrogen) atoms. The molecule has 1 aliphatic heterocycles. The minimum Gasteiger partial charge on any atom is -0.497 e. The van der Waals surface area contributed by atoms with Crippen molar-refractivity contribution in [2.45, 2.75) is 4.90 Å². The van der Waals surface area contributed by atoms with E-state index in [-0.39, 0.29) is 9.92 Å². The summed E-state index contributed by atoms with van der Waals surface area (Å²) >= 11 is 6.30. The van der Waals surface area contributed by atoms with Crippen LogP contribution in [0.1, 0.15) is 11.1 Å². The first kappa shape index (κ1) is 26.6. The lowest BCUT2D eigenvalue weighted by Gasteiger charge is -2.24. The SMILES string of the molecule is COc1ccc(NS(=O)(=O)c2cc(NP3(=O)C=C(c4ccccc4)OC(c4ccccc4)=C3)ccc2Cl)cc1. The van der Waals surface area contributed by atoms with Crippen molar-refractivity contribution >= 4 is 51.8 Å². The second-order valence-electron chi connectivity index (χ2n) is 8.62. The van der Waals surface area contributed by atoms with Gasteiger partial charge in [0, 0.05) is 34.1 Å². The van der Waals surface area contributed by atoms with Crippen LogP contribution in [-0.2, 0) is 19.3 Å². The van der Waals surface area contributed by atoms with Gasteiger partial charge in [-0.3, -0.25) is 9.29 Å². The fraction of sp³-hybridized carbons (Fsp3) is 0.0345. The van der Waals surface area contributed by atoms with Crippen LogP contribution in [0.4, 0.5) is 11.4 Å². The maximum Gasteiger partial charge on any atom is 0.263 e.